The lowest BCUT2D eigenvalue weighted by Gasteiger charge is -2.11. The zero-order valence-corrected chi connectivity index (χ0v) is 6.63. The highest BCUT2D eigenvalue weighted by atomic mass is 16.5. The molecule has 0 aliphatic rings. The number of hydrogen-bond acceptors (Lipinski definition) is 4. The van der Waals surface area contributed by atoms with Crippen LogP contribution in [0.3, 0.4) is 0 Å². The number of ether oxygens (including phenoxy) is 1. The van der Waals surface area contributed by atoms with Gasteiger partial charge in [-0.1, -0.05) is 0 Å². The smallest absolute Gasteiger partial charge is 0.309 e. The van der Waals surface area contributed by atoms with Crippen molar-refractivity contribution in [2.75, 3.05) is 6.61 Å². The first kappa shape index (κ1) is 9.92. The van der Waals surface area contributed by atoms with E-state index in [4.69, 9.17) is 10.4 Å². The van der Waals surface area contributed by atoms with Crippen molar-refractivity contribution in [2.24, 2.45) is 0 Å². The largest absolute Gasteiger partial charge is 0.466 e. The maximum atomic E-state index is 10.7. The van der Waals surface area contributed by atoms with Crippen LogP contribution in [0.15, 0.2) is 0 Å². The standard InChI is InChI=1S/C7H11NO3/c1-3-11-6(9)4-7(2,10)5-8/h10H,3-4H2,1-2H3. The van der Waals surface area contributed by atoms with Crippen molar-refractivity contribution in [1.82, 2.24) is 0 Å². The molecule has 0 aliphatic heterocycles. The summed E-state index contributed by atoms with van der Waals surface area (Å²) in [4.78, 5) is 10.7. The molecule has 0 aromatic heterocycles. The molecule has 0 spiro atoms. The third kappa shape index (κ3) is 4.34. The number of aliphatic hydroxyl groups is 1. The van der Waals surface area contributed by atoms with Gasteiger partial charge in [0.05, 0.1) is 19.1 Å². The highest BCUT2D eigenvalue weighted by Gasteiger charge is 2.24. The van der Waals surface area contributed by atoms with E-state index in [-0.39, 0.29) is 13.0 Å². The molecule has 0 aromatic rings. The van der Waals surface area contributed by atoms with Gasteiger partial charge in [0.25, 0.3) is 0 Å². The average molecular weight is 157 g/mol. The molecule has 0 bridgehead atoms. The molecule has 4 nitrogen and oxygen atoms in total. The number of rotatable bonds is 3. The van der Waals surface area contributed by atoms with Crippen LogP contribution in [0.2, 0.25) is 0 Å². The Balaban J connectivity index is 3.86. The molecule has 0 heterocycles. The van der Waals surface area contributed by atoms with Crippen molar-refractivity contribution in [3.05, 3.63) is 0 Å². The van der Waals surface area contributed by atoms with Gasteiger partial charge in [0.1, 0.15) is 0 Å². The van der Waals surface area contributed by atoms with Crippen LogP contribution in [-0.2, 0) is 9.53 Å². The Kier molecular flexibility index (Phi) is 3.55. The van der Waals surface area contributed by atoms with Crippen LogP contribution in [0, 0.1) is 11.3 Å². The predicted molar refractivity (Wildman–Crippen MR) is 37.5 cm³/mol. The second-order valence-electron chi connectivity index (χ2n) is 2.37. The topological polar surface area (TPSA) is 70.3 Å². The summed E-state index contributed by atoms with van der Waals surface area (Å²) in [6, 6.07) is 1.59. The van der Waals surface area contributed by atoms with Gasteiger partial charge in [-0.3, -0.25) is 4.79 Å². The lowest BCUT2D eigenvalue weighted by atomic mass is 10.1. The molecular weight excluding hydrogens is 146 g/mol. The Bertz CT molecular complexity index is 181. The maximum absolute atomic E-state index is 10.7. The number of nitrogens with zero attached hydrogens (tertiary/aromatic N) is 1. The Morgan fingerprint density at radius 2 is 2.36 bits per heavy atom. The van der Waals surface area contributed by atoms with Gasteiger partial charge >= 0.3 is 5.97 Å². The van der Waals surface area contributed by atoms with Crippen LogP contribution in [0.25, 0.3) is 0 Å². The number of nitriles is 1. The van der Waals surface area contributed by atoms with Gasteiger partial charge in [0.15, 0.2) is 5.60 Å². The monoisotopic (exact) mass is 157 g/mol. The lowest BCUT2D eigenvalue weighted by Crippen LogP contribution is -2.26. The van der Waals surface area contributed by atoms with E-state index in [1.807, 2.05) is 0 Å². The van der Waals surface area contributed by atoms with E-state index < -0.39 is 11.6 Å². The fourth-order valence-electron chi connectivity index (χ4n) is 0.533. The first-order chi connectivity index (χ1) is 5.02. The zero-order valence-electron chi connectivity index (χ0n) is 6.63. The van der Waals surface area contributed by atoms with Crippen LogP contribution >= 0.6 is 0 Å². The summed E-state index contributed by atoms with van der Waals surface area (Å²) in [5.74, 6) is -0.556. The summed E-state index contributed by atoms with van der Waals surface area (Å²) in [6.07, 6.45) is -0.280. The van der Waals surface area contributed by atoms with E-state index in [2.05, 4.69) is 4.74 Å². The summed E-state index contributed by atoms with van der Waals surface area (Å²) in [7, 11) is 0. The second-order valence-corrected chi connectivity index (χ2v) is 2.37. The molecule has 0 aliphatic carbocycles. The Labute approximate surface area is 65.4 Å². The van der Waals surface area contributed by atoms with E-state index in [0.29, 0.717) is 0 Å². The van der Waals surface area contributed by atoms with Gasteiger partial charge in [-0.2, -0.15) is 5.26 Å². The van der Waals surface area contributed by atoms with Crippen molar-refractivity contribution in [2.45, 2.75) is 25.9 Å². The summed E-state index contributed by atoms with van der Waals surface area (Å²) in [5.41, 5.74) is -1.60. The Hall–Kier alpha value is -1.08. The number of carbonyl (C=O) groups is 1. The molecule has 0 fully saturated rings. The SMILES string of the molecule is CCOC(=O)CC(C)(O)C#N. The fourth-order valence-corrected chi connectivity index (χ4v) is 0.533. The zero-order chi connectivity index (χ0) is 8.91. The van der Waals surface area contributed by atoms with Gasteiger partial charge in [0, 0.05) is 0 Å². The van der Waals surface area contributed by atoms with Crippen molar-refractivity contribution < 1.29 is 14.6 Å². The first-order valence-electron chi connectivity index (χ1n) is 3.31. The summed E-state index contributed by atoms with van der Waals surface area (Å²) in [6.45, 7) is 3.20. The average Bonchev–Trinajstić information content (AvgIpc) is 1.87. The summed E-state index contributed by atoms with van der Waals surface area (Å²) in [5, 5.41) is 17.4. The van der Waals surface area contributed by atoms with Crippen LogP contribution < -0.4 is 0 Å². The molecule has 0 saturated heterocycles. The molecule has 0 saturated carbocycles. The highest BCUT2D eigenvalue weighted by molar-refractivity contribution is 5.71. The Morgan fingerprint density at radius 3 is 2.73 bits per heavy atom. The molecule has 0 rings (SSSR count). The van der Waals surface area contributed by atoms with Crippen molar-refractivity contribution in [3.8, 4) is 6.07 Å². The first-order valence-corrected chi connectivity index (χ1v) is 3.31. The quantitative estimate of drug-likeness (QED) is 0.469. The Morgan fingerprint density at radius 1 is 1.82 bits per heavy atom. The molecule has 4 heteroatoms. The molecule has 11 heavy (non-hydrogen) atoms. The van der Waals surface area contributed by atoms with Crippen molar-refractivity contribution in [1.29, 1.82) is 5.26 Å². The lowest BCUT2D eigenvalue weighted by molar-refractivity contribution is -0.146. The number of carbonyl (C=O) groups excluding carboxylic acids is 1. The third-order valence-corrected chi connectivity index (χ3v) is 1.03. The molecule has 0 radical (unpaired) electrons. The highest BCUT2D eigenvalue weighted by Crippen LogP contribution is 2.07. The van der Waals surface area contributed by atoms with Crippen molar-refractivity contribution in [3.63, 3.8) is 0 Å². The minimum absolute atomic E-state index is 0.264. The van der Waals surface area contributed by atoms with Crippen LogP contribution in [0.1, 0.15) is 20.3 Å². The molecule has 1 unspecified atom stereocenters. The minimum Gasteiger partial charge on any atom is -0.466 e. The summed E-state index contributed by atoms with van der Waals surface area (Å²) < 4.78 is 4.53. The van der Waals surface area contributed by atoms with Gasteiger partial charge < -0.3 is 9.84 Å². The molecule has 1 N–H and O–H groups in total. The number of esters is 1. The van der Waals surface area contributed by atoms with E-state index in [0.717, 1.165) is 0 Å². The van der Waals surface area contributed by atoms with E-state index >= 15 is 0 Å². The normalized spacial score (nSPS) is 14.7. The van der Waals surface area contributed by atoms with Gasteiger partial charge in [-0.25, -0.2) is 0 Å². The number of hydrogen-bond donors (Lipinski definition) is 1. The molecule has 0 amide bonds. The van der Waals surface area contributed by atoms with Crippen LogP contribution in [0.4, 0.5) is 0 Å². The minimum atomic E-state index is -1.60. The van der Waals surface area contributed by atoms with Crippen LogP contribution in [0.5, 0.6) is 0 Å². The maximum Gasteiger partial charge on any atom is 0.309 e. The molecule has 62 valence electrons. The molecular formula is C7H11NO3. The van der Waals surface area contributed by atoms with Crippen LogP contribution in [-0.4, -0.2) is 23.3 Å². The summed E-state index contributed by atoms with van der Waals surface area (Å²) >= 11 is 0. The van der Waals surface area contributed by atoms with Gasteiger partial charge in [0.2, 0.25) is 0 Å². The van der Waals surface area contributed by atoms with E-state index in [1.54, 1.807) is 13.0 Å². The predicted octanol–water partition coefficient (Wildman–Crippen LogP) is 0.214. The van der Waals surface area contributed by atoms with Gasteiger partial charge in [-0.15, -0.1) is 0 Å². The molecule has 0 aromatic carbocycles. The van der Waals surface area contributed by atoms with E-state index in [9.17, 15) is 4.79 Å². The van der Waals surface area contributed by atoms with Crippen molar-refractivity contribution >= 4 is 5.97 Å². The third-order valence-electron chi connectivity index (χ3n) is 1.03. The fraction of sp³-hybridized carbons (Fsp3) is 0.714. The van der Waals surface area contributed by atoms with E-state index in [1.165, 1.54) is 6.92 Å². The van der Waals surface area contributed by atoms with Gasteiger partial charge in [-0.05, 0) is 13.8 Å². The second kappa shape index (κ2) is 3.94. The molecule has 1 atom stereocenters.